The van der Waals surface area contributed by atoms with E-state index >= 15 is 0 Å². The Morgan fingerprint density at radius 3 is 2.71 bits per heavy atom. The molecule has 1 heterocycles. The van der Waals surface area contributed by atoms with E-state index in [0.717, 1.165) is 5.70 Å². The normalized spacial score (nSPS) is 30.4. The van der Waals surface area contributed by atoms with Crippen LogP contribution in [0.25, 0.3) is 0 Å². The van der Waals surface area contributed by atoms with Gasteiger partial charge in [-0.25, -0.2) is 0 Å². The van der Waals surface area contributed by atoms with E-state index in [9.17, 15) is 0 Å². The van der Waals surface area contributed by atoms with Crippen LogP contribution >= 0.6 is 21.8 Å². The average Bonchev–Trinajstić information content (AvgIpc) is 1.91. The molecule has 0 bridgehead atoms. The zero-order chi connectivity index (χ0) is 5.28. The second-order valence-electron chi connectivity index (χ2n) is 1.45. The second kappa shape index (κ2) is 2.01. The summed E-state index contributed by atoms with van der Waals surface area (Å²) >= 11 is 0. The maximum atomic E-state index is 3.78. The number of hydrogen-bond donors (Lipinski definition) is 1. The van der Waals surface area contributed by atoms with Gasteiger partial charge in [0.2, 0.25) is 0 Å². The number of hydrogen-bond acceptors (Lipinski definition) is 3. The van der Waals surface area contributed by atoms with Crippen LogP contribution in [0.2, 0.25) is 0 Å². The summed E-state index contributed by atoms with van der Waals surface area (Å²) in [6.07, 6.45) is 0. The molecule has 40 valence electrons. The van der Waals surface area contributed by atoms with E-state index in [-0.39, 0.29) is 0 Å². The van der Waals surface area contributed by atoms with Crippen LogP contribution in [-0.2, 0) is 0 Å². The Labute approximate surface area is 51.5 Å². The third-order valence-corrected chi connectivity index (χ3v) is 3.28. The van der Waals surface area contributed by atoms with Crippen molar-refractivity contribution in [2.45, 2.75) is 12.2 Å². The lowest BCUT2D eigenvalue weighted by Gasteiger charge is -1.94. The van der Waals surface area contributed by atoms with Crippen molar-refractivity contribution >= 4 is 21.8 Å². The molecule has 0 spiro atoms. The highest BCUT2D eigenvalue weighted by Crippen LogP contribution is 2.34. The van der Waals surface area contributed by atoms with E-state index < -0.39 is 0 Å². The minimum Gasteiger partial charge on any atom is -0.324 e. The monoisotopic (exact) mass is 133 g/mol. The van der Waals surface area contributed by atoms with Gasteiger partial charge in [-0.15, -0.1) is 0 Å². The van der Waals surface area contributed by atoms with Crippen molar-refractivity contribution in [1.29, 1.82) is 0 Å². The first-order valence-corrected chi connectivity index (χ1v) is 4.29. The Kier molecular flexibility index (Phi) is 1.54. The van der Waals surface area contributed by atoms with Crippen LogP contribution in [0.3, 0.4) is 0 Å². The summed E-state index contributed by atoms with van der Waals surface area (Å²) in [5.74, 6) is 0. The van der Waals surface area contributed by atoms with Crippen molar-refractivity contribution < 1.29 is 0 Å². The van der Waals surface area contributed by atoms with Crippen LogP contribution < -0.4 is 4.72 Å². The lowest BCUT2D eigenvalue weighted by Crippen LogP contribution is -2.00. The van der Waals surface area contributed by atoms with Gasteiger partial charge >= 0.3 is 0 Å². The van der Waals surface area contributed by atoms with Crippen molar-refractivity contribution in [2.75, 3.05) is 0 Å². The Bertz CT molecular complexity index is 91.7. The molecule has 1 unspecified atom stereocenters. The van der Waals surface area contributed by atoms with E-state index in [1.807, 2.05) is 10.8 Å². The van der Waals surface area contributed by atoms with Gasteiger partial charge in [-0.2, -0.15) is 0 Å². The molecule has 1 nitrogen and oxygen atoms in total. The maximum Gasteiger partial charge on any atom is 0.0539 e. The lowest BCUT2D eigenvalue weighted by molar-refractivity contribution is 1.07. The van der Waals surface area contributed by atoms with Crippen LogP contribution in [0.15, 0.2) is 12.3 Å². The fraction of sp³-hybridized carbons (Fsp3) is 0.500. The minimum atomic E-state index is 0.588. The summed E-state index contributed by atoms with van der Waals surface area (Å²) in [4.78, 5) is 0. The Morgan fingerprint density at radius 1 is 1.86 bits per heavy atom. The van der Waals surface area contributed by atoms with Crippen LogP contribution in [0, 0.1) is 0 Å². The van der Waals surface area contributed by atoms with Gasteiger partial charge in [0.15, 0.2) is 0 Å². The first-order chi connectivity index (χ1) is 3.30. The van der Waals surface area contributed by atoms with Crippen LogP contribution in [0.5, 0.6) is 0 Å². The van der Waals surface area contributed by atoms with Gasteiger partial charge in [-0.1, -0.05) is 17.4 Å². The van der Waals surface area contributed by atoms with Crippen LogP contribution in [0.4, 0.5) is 0 Å². The molecule has 3 heteroatoms. The number of rotatable bonds is 0. The summed E-state index contributed by atoms with van der Waals surface area (Å²) in [6.45, 7) is 5.92. The second-order valence-corrected chi connectivity index (χ2v) is 3.80. The molecule has 0 aliphatic carbocycles. The highest BCUT2D eigenvalue weighted by molar-refractivity contribution is 8.76. The van der Waals surface area contributed by atoms with E-state index in [1.165, 1.54) is 0 Å². The predicted octanol–water partition coefficient (Wildman–Crippen LogP) is 1.79. The van der Waals surface area contributed by atoms with Gasteiger partial charge in [-0.05, 0) is 6.92 Å². The molecule has 1 rings (SSSR count). The molecular weight excluding hydrogens is 126 g/mol. The standard InChI is InChI=1S/C4H7NS2/c1-3-4(2)6-7-5-3/h4-5H,1H2,2H3. The van der Waals surface area contributed by atoms with E-state index in [2.05, 4.69) is 18.2 Å². The van der Waals surface area contributed by atoms with E-state index in [4.69, 9.17) is 0 Å². The van der Waals surface area contributed by atoms with E-state index in [1.54, 1.807) is 11.0 Å². The molecule has 0 aromatic rings. The Morgan fingerprint density at radius 2 is 2.57 bits per heavy atom. The van der Waals surface area contributed by atoms with Gasteiger partial charge in [0.05, 0.1) is 5.25 Å². The van der Waals surface area contributed by atoms with Gasteiger partial charge in [0, 0.05) is 16.7 Å². The molecule has 0 aromatic carbocycles. The van der Waals surface area contributed by atoms with Crippen molar-refractivity contribution in [3.63, 3.8) is 0 Å². The maximum absolute atomic E-state index is 3.78. The van der Waals surface area contributed by atoms with Crippen molar-refractivity contribution in [3.05, 3.63) is 12.3 Å². The molecule has 0 amide bonds. The number of nitrogens with one attached hydrogen (secondary N) is 1. The summed E-state index contributed by atoms with van der Waals surface area (Å²) < 4.78 is 3.05. The third-order valence-electron chi connectivity index (χ3n) is 0.856. The fourth-order valence-corrected chi connectivity index (χ4v) is 2.26. The molecule has 1 N–H and O–H groups in total. The third kappa shape index (κ3) is 1.07. The summed E-state index contributed by atoms with van der Waals surface area (Å²) in [5, 5.41) is 0.588. The fourth-order valence-electron chi connectivity index (χ4n) is 0.291. The van der Waals surface area contributed by atoms with E-state index in [0.29, 0.717) is 5.25 Å². The zero-order valence-electron chi connectivity index (χ0n) is 4.10. The minimum absolute atomic E-state index is 0.588. The summed E-state index contributed by atoms with van der Waals surface area (Å²) in [7, 11) is 3.47. The molecule has 7 heavy (non-hydrogen) atoms. The Balaban J connectivity index is 2.48. The first kappa shape index (κ1) is 5.38. The molecule has 0 aromatic heterocycles. The van der Waals surface area contributed by atoms with Gasteiger partial charge in [-0.3, -0.25) is 0 Å². The van der Waals surface area contributed by atoms with Crippen LogP contribution in [-0.4, -0.2) is 5.25 Å². The van der Waals surface area contributed by atoms with Gasteiger partial charge in [0.1, 0.15) is 0 Å². The largest absolute Gasteiger partial charge is 0.324 e. The molecule has 0 radical (unpaired) electrons. The van der Waals surface area contributed by atoms with Gasteiger partial charge in [0.25, 0.3) is 0 Å². The highest BCUT2D eigenvalue weighted by Gasteiger charge is 2.13. The first-order valence-electron chi connectivity index (χ1n) is 2.08. The summed E-state index contributed by atoms with van der Waals surface area (Å²) in [6, 6.07) is 0. The molecule has 1 aliphatic heterocycles. The van der Waals surface area contributed by atoms with Crippen molar-refractivity contribution in [3.8, 4) is 0 Å². The SMILES string of the molecule is C=C1NSSC1C. The van der Waals surface area contributed by atoms with Crippen molar-refractivity contribution in [1.82, 2.24) is 4.72 Å². The Hall–Kier alpha value is 0.240. The molecule has 1 aliphatic rings. The average molecular weight is 133 g/mol. The van der Waals surface area contributed by atoms with Crippen molar-refractivity contribution in [2.24, 2.45) is 0 Å². The molecule has 1 saturated heterocycles. The lowest BCUT2D eigenvalue weighted by atomic mass is 10.4. The topological polar surface area (TPSA) is 12.0 Å². The molecule has 0 saturated carbocycles. The summed E-state index contributed by atoms with van der Waals surface area (Å²) in [5.41, 5.74) is 1.13. The smallest absolute Gasteiger partial charge is 0.0539 e. The zero-order valence-corrected chi connectivity index (χ0v) is 5.73. The predicted molar refractivity (Wildman–Crippen MR) is 36.9 cm³/mol. The quantitative estimate of drug-likeness (QED) is 0.399. The highest BCUT2D eigenvalue weighted by atomic mass is 33.1. The van der Waals surface area contributed by atoms with Gasteiger partial charge < -0.3 is 4.72 Å². The molecular formula is C4H7NS2. The molecule has 1 fully saturated rings. The molecule has 1 atom stereocenters. The van der Waals surface area contributed by atoms with Crippen LogP contribution in [0.1, 0.15) is 6.92 Å².